The number of hydrogen-bond acceptors (Lipinski definition) is 4. The van der Waals surface area contributed by atoms with Gasteiger partial charge in [0.2, 0.25) is 0 Å². The summed E-state index contributed by atoms with van der Waals surface area (Å²) in [7, 11) is 1.71. The zero-order valence-electron chi connectivity index (χ0n) is 12.2. The van der Waals surface area contributed by atoms with E-state index in [1.165, 1.54) is 16.9 Å². The second kappa shape index (κ2) is 6.39. The molecule has 5 nitrogen and oxygen atoms in total. The van der Waals surface area contributed by atoms with Crippen LogP contribution in [0.1, 0.15) is 28.5 Å². The van der Waals surface area contributed by atoms with E-state index < -0.39 is 5.97 Å². The number of rotatable bonds is 5. The fourth-order valence-electron chi connectivity index (χ4n) is 1.83. The Hall–Kier alpha value is -2.37. The molecule has 0 amide bonds. The van der Waals surface area contributed by atoms with Crippen molar-refractivity contribution < 1.29 is 18.7 Å². The number of aromatic nitrogens is 2. The molecule has 0 saturated carbocycles. The van der Waals surface area contributed by atoms with E-state index in [1.807, 2.05) is 0 Å². The molecule has 2 aromatic rings. The first kappa shape index (κ1) is 15.0. The number of carbonyl (C=O) groups excluding carboxylic acids is 1. The Bertz CT molecular complexity index is 652. The van der Waals surface area contributed by atoms with Crippen LogP contribution in [0.25, 0.3) is 0 Å². The predicted molar refractivity (Wildman–Crippen MR) is 74.6 cm³/mol. The normalized spacial score (nSPS) is 10.5. The molecule has 2 rings (SSSR count). The fourth-order valence-corrected chi connectivity index (χ4v) is 1.83. The van der Waals surface area contributed by atoms with Crippen molar-refractivity contribution in [3.63, 3.8) is 0 Å². The molecule has 0 saturated heterocycles. The summed E-state index contributed by atoms with van der Waals surface area (Å²) >= 11 is 0. The fraction of sp³-hybridized carbons (Fsp3) is 0.333. The highest BCUT2D eigenvalue weighted by molar-refractivity contribution is 5.90. The molecule has 1 aromatic heterocycles. The van der Waals surface area contributed by atoms with E-state index in [0.29, 0.717) is 22.6 Å². The smallest absolute Gasteiger partial charge is 0.341 e. The van der Waals surface area contributed by atoms with E-state index in [4.69, 9.17) is 9.47 Å². The summed E-state index contributed by atoms with van der Waals surface area (Å²) in [5.74, 6) is -0.378. The first-order valence-corrected chi connectivity index (χ1v) is 6.60. The summed E-state index contributed by atoms with van der Waals surface area (Å²) in [6.07, 6.45) is 1.44. The Labute approximate surface area is 122 Å². The molecule has 112 valence electrons. The van der Waals surface area contributed by atoms with Crippen molar-refractivity contribution in [3.05, 3.63) is 47.0 Å². The summed E-state index contributed by atoms with van der Waals surface area (Å²) in [5.41, 5.74) is 1.48. The first-order valence-electron chi connectivity index (χ1n) is 6.60. The summed E-state index contributed by atoms with van der Waals surface area (Å²) < 4.78 is 25.5. The highest BCUT2D eigenvalue weighted by Gasteiger charge is 2.17. The van der Waals surface area contributed by atoms with Crippen LogP contribution in [-0.4, -0.2) is 22.4 Å². The summed E-state index contributed by atoms with van der Waals surface area (Å²) in [4.78, 5) is 11.8. The van der Waals surface area contributed by atoms with Gasteiger partial charge in [0.05, 0.1) is 18.5 Å². The summed E-state index contributed by atoms with van der Waals surface area (Å²) in [6, 6.07) is 4.63. The highest BCUT2D eigenvalue weighted by Crippen LogP contribution is 2.18. The molecule has 0 fully saturated rings. The molecule has 0 aliphatic carbocycles. The first-order chi connectivity index (χ1) is 10.0. The third kappa shape index (κ3) is 3.39. The second-order valence-corrected chi connectivity index (χ2v) is 4.55. The Morgan fingerprint density at radius 3 is 2.86 bits per heavy atom. The van der Waals surface area contributed by atoms with Crippen molar-refractivity contribution in [3.8, 4) is 5.75 Å². The van der Waals surface area contributed by atoms with Crippen LogP contribution in [-0.2, 0) is 18.4 Å². The molecule has 0 radical (unpaired) electrons. The quantitative estimate of drug-likeness (QED) is 0.795. The zero-order valence-corrected chi connectivity index (χ0v) is 12.2. The van der Waals surface area contributed by atoms with Gasteiger partial charge < -0.3 is 9.47 Å². The van der Waals surface area contributed by atoms with E-state index in [0.717, 1.165) is 0 Å². The Morgan fingerprint density at radius 2 is 2.19 bits per heavy atom. The summed E-state index contributed by atoms with van der Waals surface area (Å²) in [5, 5.41) is 4.03. The van der Waals surface area contributed by atoms with Gasteiger partial charge in [-0.2, -0.15) is 5.10 Å². The maximum atomic E-state index is 13.5. The minimum absolute atomic E-state index is 0.104. The molecule has 0 spiro atoms. The van der Waals surface area contributed by atoms with Gasteiger partial charge in [-0.05, 0) is 25.5 Å². The van der Waals surface area contributed by atoms with E-state index in [1.54, 1.807) is 33.0 Å². The van der Waals surface area contributed by atoms with Gasteiger partial charge in [-0.3, -0.25) is 4.68 Å². The number of ether oxygens (including phenoxy) is 2. The Kier molecular flexibility index (Phi) is 4.57. The van der Waals surface area contributed by atoms with Gasteiger partial charge in [0.15, 0.2) is 0 Å². The molecule has 0 aliphatic heterocycles. The van der Waals surface area contributed by atoms with Gasteiger partial charge >= 0.3 is 5.97 Å². The van der Waals surface area contributed by atoms with Crippen molar-refractivity contribution >= 4 is 5.97 Å². The molecule has 0 bridgehead atoms. The number of carbonyl (C=O) groups is 1. The lowest BCUT2D eigenvalue weighted by molar-refractivity contribution is 0.0523. The predicted octanol–water partition coefficient (Wildman–Crippen LogP) is 2.62. The molecule has 1 aromatic carbocycles. The Morgan fingerprint density at radius 1 is 1.43 bits per heavy atom. The van der Waals surface area contributed by atoms with Crippen molar-refractivity contribution in [2.24, 2.45) is 7.05 Å². The molecular weight excluding hydrogens is 275 g/mol. The lowest BCUT2D eigenvalue weighted by Gasteiger charge is -2.09. The number of hydrogen-bond donors (Lipinski definition) is 0. The topological polar surface area (TPSA) is 53.3 Å². The van der Waals surface area contributed by atoms with Gasteiger partial charge in [-0.1, -0.05) is 6.07 Å². The maximum absolute atomic E-state index is 13.5. The molecule has 1 heterocycles. The number of benzene rings is 1. The highest BCUT2D eigenvalue weighted by atomic mass is 19.1. The average Bonchev–Trinajstić information content (AvgIpc) is 2.82. The maximum Gasteiger partial charge on any atom is 0.341 e. The van der Waals surface area contributed by atoms with Crippen LogP contribution in [0.4, 0.5) is 4.39 Å². The van der Waals surface area contributed by atoms with Crippen LogP contribution in [0, 0.1) is 12.7 Å². The molecule has 0 aliphatic rings. The van der Waals surface area contributed by atoms with Gasteiger partial charge in [-0.15, -0.1) is 0 Å². The molecule has 21 heavy (non-hydrogen) atoms. The van der Waals surface area contributed by atoms with E-state index >= 15 is 0 Å². The largest absolute Gasteiger partial charge is 0.487 e. The van der Waals surface area contributed by atoms with Crippen LogP contribution in [0.2, 0.25) is 0 Å². The van der Waals surface area contributed by atoms with Gasteiger partial charge in [0.25, 0.3) is 0 Å². The van der Waals surface area contributed by atoms with Crippen LogP contribution in [0.15, 0.2) is 24.4 Å². The molecule has 0 atom stereocenters. The third-order valence-electron chi connectivity index (χ3n) is 3.08. The van der Waals surface area contributed by atoms with Crippen LogP contribution in [0.5, 0.6) is 5.75 Å². The van der Waals surface area contributed by atoms with Gasteiger partial charge in [-0.25, -0.2) is 9.18 Å². The minimum Gasteiger partial charge on any atom is -0.487 e. The molecule has 0 N–H and O–H groups in total. The Balaban J connectivity index is 2.14. The van der Waals surface area contributed by atoms with Crippen molar-refractivity contribution in [2.75, 3.05) is 6.61 Å². The number of nitrogens with zero attached hydrogens (tertiary/aromatic N) is 2. The van der Waals surface area contributed by atoms with Crippen molar-refractivity contribution in [1.82, 2.24) is 9.78 Å². The molecular formula is C15H17FN2O3. The summed E-state index contributed by atoms with van der Waals surface area (Å²) in [6.45, 7) is 3.81. The monoisotopic (exact) mass is 292 g/mol. The number of aryl methyl sites for hydroxylation is 2. The van der Waals surface area contributed by atoms with E-state index in [-0.39, 0.29) is 19.0 Å². The zero-order chi connectivity index (χ0) is 15.4. The number of esters is 1. The van der Waals surface area contributed by atoms with Crippen LogP contribution < -0.4 is 4.74 Å². The molecule has 0 unspecified atom stereocenters. The second-order valence-electron chi connectivity index (χ2n) is 4.55. The molecule has 6 heteroatoms. The standard InChI is InChI=1S/C15H17FN2O3/c1-4-20-15(19)12-8-17-18(3)14(12)9-21-11-6-5-10(2)13(16)7-11/h5-8H,4,9H2,1-3H3. The van der Waals surface area contributed by atoms with Crippen LogP contribution in [0.3, 0.4) is 0 Å². The SMILES string of the molecule is CCOC(=O)c1cnn(C)c1COc1ccc(C)c(F)c1. The van der Waals surface area contributed by atoms with E-state index in [9.17, 15) is 9.18 Å². The van der Waals surface area contributed by atoms with Gasteiger partial charge in [0.1, 0.15) is 23.7 Å². The average molecular weight is 292 g/mol. The van der Waals surface area contributed by atoms with E-state index in [2.05, 4.69) is 5.10 Å². The third-order valence-corrected chi connectivity index (χ3v) is 3.08. The van der Waals surface area contributed by atoms with Crippen molar-refractivity contribution in [2.45, 2.75) is 20.5 Å². The van der Waals surface area contributed by atoms with Crippen LogP contribution >= 0.6 is 0 Å². The number of halogens is 1. The van der Waals surface area contributed by atoms with Crippen molar-refractivity contribution in [1.29, 1.82) is 0 Å². The van der Waals surface area contributed by atoms with Gasteiger partial charge in [0, 0.05) is 13.1 Å². The lowest BCUT2D eigenvalue weighted by Crippen LogP contribution is -2.11. The minimum atomic E-state index is -0.445. The lowest BCUT2D eigenvalue weighted by atomic mass is 10.2.